The molecule has 0 amide bonds. The van der Waals surface area contributed by atoms with Crippen LogP contribution in [-0.4, -0.2) is 10.1 Å². The summed E-state index contributed by atoms with van der Waals surface area (Å²) >= 11 is 5.96. The largest absolute Gasteiger partial charge is 0.383 e. The number of halogens is 3. The van der Waals surface area contributed by atoms with E-state index in [0.717, 1.165) is 6.20 Å². The molecule has 100 valence electrons. The predicted octanol–water partition coefficient (Wildman–Crippen LogP) is 3.46. The van der Waals surface area contributed by atoms with Gasteiger partial charge in [-0.15, -0.1) is 0 Å². The van der Waals surface area contributed by atoms with Gasteiger partial charge in [0.15, 0.2) is 0 Å². The first-order valence-corrected chi connectivity index (χ1v) is 6.04. The van der Waals surface area contributed by atoms with Crippen LogP contribution in [0.15, 0.2) is 36.5 Å². The lowest BCUT2D eigenvalue weighted by molar-refractivity contribution is 0.0529. The van der Waals surface area contributed by atoms with E-state index in [-0.39, 0.29) is 6.42 Å². The van der Waals surface area contributed by atoms with Gasteiger partial charge in [0.25, 0.3) is 0 Å². The van der Waals surface area contributed by atoms with Crippen LogP contribution < -0.4 is 0 Å². The highest BCUT2D eigenvalue weighted by atomic mass is 35.5. The molecule has 0 aliphatic carbocycles. The fourth-order valence-corrected chi connectivity index (χ4v) is 2.02. The maximum absolute atomic E-state index is 13.2. The van der Waals surface area contributed by atoms with Gasteiger partial charge in [-0.25, -0.2) is 8.78 Å². The minimum absolute atomic E-state index is 0.0855. The molecular weight excluding hydrogens is 272 g/mol. The molecule has 0 spiro atoms. The van der Waals surface area contributed by atoms with E-state index in [4.69, 9.17) is 11.6 Å². The van der Waals surface area contributed by atoms with Crippen LogP contribution >= 0.6 is 11.6 Å². The minimum Gasteiger partial charge on any atom is -0.383 e. The van der Waals surface area contributed by atoms with Gasteiger partial charge in [-0.2, -0.15) is 0 Å². The number of hydrogen-bond donors (Lipinski definition) is 1. The second-order valence-electron chi connectivity index (χ2n) is 4.55. The molecule has 19 heavy (non-hydrogen) atoms. The number of hydrogen-bond acceptors (Lipinski definition) is 2. The van der Waals surface area contributed by atoms with Crippen molar-refractivity contribution in [1.29, 1.82) is 0 Å². The molecule has 0 bridgehead atoms. The molecule has 5 heteroatoms. The Labute approximate surface area is 114 Å². The molecule has 1 unspecified atom stereocenters. The monoisotopic (exact) mass is 283 g/mol. The van der Waals surface area contributed by atoms with Crippen LogP contribution in [0.25, 0.3) is 0 Å². The van der Waals surface area contributed by atoms with Crippen LogP contribution in [-0.2, 0) is 12.0 Å². The number of benzene rings is 1. The zero-order valence-corrected chi connectivity index (χ0v) is 11.0. The summed E-state index contributed by atoms with van der Waals surface area (Å²) in [7, 11) is 0. The molecule has 2 aromatic rings. The average molecular weight is 284 g/mol. The van der Waals surface area contributed by atoms with E-state index >= 15 is 0 Å². The van der Waals surface area contributed by atoms with Crippen molar-refractivity contribution in [2.45, 2.75) is 18.9 Å². The van der Waals surface area contributed by atoms with E-state index in [9.17, 15) is 13.9 Å². The zero-order valence-electron chi connectivity index (χ0n) is 10.2. The van der Waals surface area contributed by atoms with Crippen molar-refractivity contribution in [3.05, 3.63) is 64.4 Å². The van der Waals surface area contributed by atoms with Crippen molar-refractivity contribution in [2.75, 3.05) is 0 Å². The number of rotatable bonds is 3. The number of nitrogens with zero attached hydrogens (tertiary/aromatic N) is 1. The highest BCUT2D eigenvalue weighted by Crippen LogP contribution is 2.28. The van der Waals surface area contributed by atoms with Gasteiger partial charge in [0.05, 0.1) is 11.9 Å². The Hall–Kier alpha value is -1.52. The number of pyridine rings is 1. The molecule has 0 saturated carbocycles. The first-order chi connectivity index (χ1) is 8.88. The van der Waals surface area contributed by atoms with Gasteiger partial charge in [0.2, 0.25) is 0 Å². The summed E-state index contributed by atoms with van der Waals surface area (Å²) < 4.78 is 26.0. The molecule has 1 heterocycles. The molecular formula is C14H12ClF2NO. The number of aliphatic hydroxyl groups is 1. The summed E-state index contributed by atoms with van der Waals surface area (Å²) in [5.41, 5.74) is -0.586. The first-order valence-electron chi connectivity index (χ1n) is 5.67. The summed E-state index contributed by atoms with van der Waals surface area (Å²) in [4.78, 5) is 3.84. The number of aromatic nitrogens is 1. The van der Waals surface area contributed by atoms with Crippen molar-refractivity contribution < 1.29 is 13.9 Å². The molecule has 1 aromatic heterocycles. The Morgan fingerprint density at radius 2 is 1.89 bits per heavy atom. The Balaban J connectivity index is 2.30. The highest BCUT2D eigenvalue weighted by molar-refractivity contribution is 6.31. The molecule has 0 fully saturated rings. The van der Waals surface area contributed by atoms with Crippen LogP contribution in [0.4, 0.5) is 8.78 Å². The van der Waals surface area contributed by atoms with Gasteiger partial charge < -0.3 is 5.11 Å². The van der Waals surface area contributed by atoms with E-state index in [2.05, 4.69) is 4.98 Å². The Bertz CT molecular complexity index is 584. The second-order valence-corrected chi connectivity index (χ2v) is 4.96. The molecule has 1 N–H and O–H groups in total. The minimum atomic E-state index is -1.36. The quantitative estimate of drug-likeness (QED) is 0.936. The van der Waals surface area contributed by atoms with Crippen LogP contribution in [0.1, 0.15) is 18.2 Å². The molecule has 0 saturated heterocycles. The summed E-state index contributed by atoms with van der Waals surface area (Å²) in [5.74, 6) is -0.911. The maximum atomic E-state index is 13.2. The predicted molar refractivity (Wildman–Crippen MR) is 68.9 cm³/mol. The van der Waals surface area contributed by atoms with Gasteiger partial charge in [-0.05, 0) is 42.8 Å². The van der Waals surface area contributed by atoms with E-state index < -0.39 is 17.2 Å². The average Bonchev–Trinajstić information content (AvgIpc) is 2.34. The van der Waals surface area contributed by atoms with Gasteiger partial charge >= 0.3 is 0 Å². The van der Waals surface area contributed by atoms with E-state index in [1.165, 1.54) is 37.3 Å². The molecule has 0 aliphatic heterocycles. The maximum Gasteiger partial charge on any atom is 0.141 e. The van der Waals surface area contributed by atoms with Crippen LogP contribution in [0.5, 0.6) is 0 Å². The molecule has 1 aromatic carbocycles. The lowest BCUT2D eigenvalue weighted by atomic mass is 9.92. The van der Waals surface area contributed by atoms with Gasteiger partial charge in [0.1, 0.15) is 17.2 Å². The third-order valence-corrected chi connectivity index (χ3v) is 3.19. The van der Waals surface area contributed by atoms with Crippen molar-refractivity contribution in [3.8, 4) is 0 Å². The first kappa shape index (κ1) is 13.9. The van der Waals surface area contributed by atoms with Crippen molar-refractivity contribution in [3.63, 3.8) is 0 Å². The fraction of sp³-hybridized carbons (Fsp3) is 0.214. The zero-order chi connectivity index (χ0) is 14.0. The molecule has 1 atom stereocenters. The summed E-state index contributed by atoms with van der Waals surface area (Å²) in [6.45, 7) is 1.52. The van der Waals surface area contributed by atoms with Crippen molar-refractivity contribution >= 4 is 11.6 Å². The highest BCUT2D eigenvalue weighted by Gasteiger charge is 2.26. The summed E-state index contributed by atoms with van der Waals surface area (Å²) in [6.07, 6.45) is 1.11. The van der Waals surface area contributed by atoms with Gasteiger partial charge in [0, 0.05) is 11.4 Å². The van der Waals surface area contributed by atoms with Crippen LogP contribution in [0.3, 0.4) is 0 Å². The topological polar surface area (TPSA) is 33.1 Å². The Kier molecular flexibility index (Phi) is 3.83. The third kappa shape index (κ3) is 3.28. The summed E-state index contributed by atoms with van der Waals surface area (Å²) in [6, 6.07) is 6.55. The smallest absolute Gasteiger partial charge is 0.141 e. The van der Waals surface area contributed by atoms with Crippen LogP contribution in [0.2, 0.25) is 5.02 Å². The SMILES string of the molecule is CC(O)(Cc1cc(F)ccc1Cl)c1ccc(F)cn1. The second kappa shape index (κ2) is 5.23. The van der Waals surface area contributed by atoms with Gasteiger partial charge in [-0.1, -0.05) is 11.6 Å². The molecule has 0 radical (unpaired) electrons. The third-order valence-electron chi connectivity index (χ3n) is 2.82. The normalized spacial score (nSPS) is 14.2. The molecule has 0 aliphatic rings. The van der Waals surface area contributed by atoms with Crippen LogP contribution in [0, 0.1) is 11.6 Å². The Morgan fingerprint density at radius 3 is 2.53 bits per heavy atom. The summed E-state index contributed by atoms with van der Waals surface area (Å²) in [5, 5.41) is 10.7. The Morgan fingerprint density at radius 1 is 1.21 bits per heavy atom. The van der Waals surface area contributed by atoms with E-state index in [1.807, 2.05) is 0 Å². The van der Waals surface area contributed by atoms with Gasteiger partial charge in [-0.3, -0.25) is 4.98 Å². The lowest BCUT2D eigenvalue weighted by Crippen LogP contribution is -2.26. The standard InChI is InChI=1S/C14H12ClF2NO/c1-14(19,13-5-3-11(17)8-18-13)7-9-6-10(16)2-4-12(9)15/h2-6,8,19H,7H2,1H3. The van der Waals surface area contributed by atoms with Crippen molar-refractivity contribution in [2.24, 2.45) is 0 Å². The van der Waals surface area contributed by atoms with E-state index in [0.29, 0.717) is 16.3 Å². The lowest BCUT2D eigenvalue weighted by Gasteiger charge is -2.23. The van der Waals surface area contributed by atoms with Crippen molar-refractivity contribution in [1.82, 2.24) is 4.98 Å². The molecule has 2 rings (SSSR count). The fourth-order valence-electron chi connectivity index (χ4n) is 1.83. The van der Waals surface area contributed by atoms with E-state index in [1.54, 1.807) is 0 Å². The molecule has 2 nitrogen and oxygen atoms in total.